The Labute approximate surface area is 56.4 Å². The van der Waals surface area contributed by atoms with Crippen molar-refractivity contribution in [2.75, 3.05) is 5.88 Å². The van der Waals surface area contributed by atoms with Crippen LogP contribution in [-0.2, 0) is 0 Å². The van der Waals surface area contributed by atoms with Crippen molar-refractivity contribution in [3.63, 3.8) is 0 Å². The fourth-order valence-corrected chi connectivity index (χ4v) is 0.401. The van der Waals surface area contributed by atoms with Crippen LogP contribution in [0.2, 0.25) is 0 Å². The van der Waals surface area contributed by atoms with E-state index in [1.807, 2.05) is 0 Å². The van der Waals surface area contributed by atoms with E-state index in [9.17, 15) is 0 Å². The molecule has 0 nitrogen and oxygen atoms in total. The van der Waals surface area contributed by atoms with Gasteiger partial charge in [0, 0.05) is 5.88 Å². The molecule has 0 aliphatic rings. The van der Waals surface area contributed by atoms with Crippen molar-refractivity contribution < 1.29 is 0 Å². The van der Waals surface area contributed by atoms with E-state index < -0.39 is 0 Å². The van der Waals surface area contributed by atoms with Crippen molar-refractivity contribution in [2.45, 2.75) is 19.8 Å². The molecule has 6 heavy (non-hydrogen) atoms. The van der Waals surface area contributed by atoms with E-state index in [4.69, 9.17) is 11.6 Å². The molecule has 0 aromatic rings. The van der Waals surface area contributed by atoms with Crippen LogP contribution in [0.1, 0.15) is 19.8 Å². The Kier molecular flexibility index (Phi) is 15.5. The predicted molar refractivity (Wildman–Crippen MR) is 32.8 cm³/mol. The van der Waals surface area contributed by atoms with Crippen molar-refractivity contribution in [1.29, 1.82) is 0 Å². The second kappa shape index (κ2) is 9.31. The fraction of sp³-hybridized carbons (Fsp3) is 1.00. The molecule has 0 N–H and O–H groups in total. The molecule has 0 radical (unpaired) electrons. The Morgan fingerprint density at radius 2 is 2.00 bits per heavy atom. The minimum atomic E-state index is 0. The molecule has 0 aromatic carbocycles. The van der Waals surface area contributed by atoms with Crippen LogP contribution in [0.4, 0.5) is 0 Å². The number of unbranched alkanes of at least 4 members (excludes halogenated alkanes) is 1. The van der Waals surface area contributed by atoms with Gasteiger partial charge < -0.3 is 0 Å². The Balaban J connectivity index is 0. The summed E-state index contributed by atoms with van der Waals surface area (Å²) in [5, 5.41) is 0. The minimum absolute atomic E-state index is 0. The van der Waals surface area contributed by atoms with Gasteiger partial charge in [-0.05, 0) is 6.42 Å². The molecule has 0 saturated carbocycles. The molecule has 0 saturated heterocycles. The monoisotopic (exact) mass is 100 g/mol. The van der Waals surface area contributed by atoms with E-state index >= 15 is 0 Å². The summed E-state index contributed by atoms with van der Waals surface area (Å²) in [5.41, 5.74) is 0. The van der Waals surface area contributed by atoms with Crippen LogP contribution in [0, 0.1) is 0 Å². The maximum atomic E-state index is 5.30. The molecule has 0 fully saturated rings. The molecule has 0 aliphatic heterocycles. The zero-order valence-corrected chi connectivity index (χ0v) is 4.26. The molecule has 0 aromatic heterocycles. The van der Waals surface area contributed by atoms with Crippen LogP contribution in [0.5, 0.6) is 0 Å². The third-order valence-electron chi connectivity index (χ3n) is 0.487. The van der Waals surface area contributed by atoms with Gasteiger partial charge in [0.2, 0.25) is 0 Å². The van der Waals surface area contributed by atoms with Crippen molar-refractivity contribution >= 4 is 30.5 Å². The quantitative estimate of drug-likeness (QED) is 0.363. The second-order valence-corrected chi connectivity index (χ2v) is 1.42. The van der Waals surface area contributed by atoms with Crippen LogP contribution >= 0.6 is 11.6 Å². The van der Waals surface area contributed by atoms with Crippen molar-refractivity contribution in [2.24, 2.45) is 0 Å². The molecule has 0 rings (SSSR count). The van der Waals surface area contributed by atoms with Gasteiger partial charge in [-0.1, -0.05) is 13.3 Å². The van der Waals surface area contributed by atoms with Gasteiger partial charge in [-0.3, -0.25) is 0 Å². The molecule has 2 heteroatoms. The summed E-state index contributed by atoms with van der Waals surface area (Å²) in [6.45, 7) is 2.13. The average molecular weight is 101 g/mol. The molecule has 0 amide bonds. The van der Waals surface area contributed by atoms with Crippen LogP contribution in [0.3, 0.4) is 0 Å². The summed E-state index contributed by atoms with van der Waals surface area (Å²) in [5.74, 6) is 0.816. The normalized spacial score (nSPS) is 7.00. The molecular formula is C4H10ClLi. The zero-order chi connectivity index (χ0) is 4.12. The van der Waals surface area contributed by atoms with Crippen molar-refractivity contribution in [3.05, 3.63) is 0 Å². The van der Waals surface area contributed by atoms with E-state index in [0.717, 1.165) is 12.3 Å². The molecule has 0 heterocycles. The summed E-state index contributed by atoms with van der Waals surface area (Å²) in [6.07, 6.45) is 2.37. The number of alkyl halides is 1. The van der Waals surface area contributed by atoms with Crippen LogP contribution in [0.25, 0.3) is 0 Å². The summed E-state index contributed by atoms with van der Waals surface area (Å²) < 4.78 is 0. The third-order valence-corrected chi connectivity index (χ3v) is 0.754. The topological polar surface area (TPSA) is 0 Å². The SMILES string of the molecule is CCCCCl.[LiH]. The Morgan fingerprint density at radius 3 is 2.00 bits per heavy atom. The van der Waals surface area contributed by atoms with E-state index in [1.165, 1.54) is 6.42 Å². The van der Waals surface area contributed by atoms with Crippen molar-refractivity contribution in [1.82, 2.24) is 0 Å². The first-order valence-corrected chi connectivity index (χ1v) is 2.51. The Bertz CT molecular complexity index is 15.0. The molecule has 0 unspecified atom stereocenters. The fourth-order valence-electron chi connectivity index (χ4n) is 0.134. The zero-order valence-electron chi connectivity index (χ0n) is 3.50. The van der Waals surface area contributed by atoms with Gasteiger partial charge in [-0.2, -0.15) is 0 Å². The molecule has 0 bridgehead atoms. The number of hydrogen-bond acceptors (Lipinski definition) is 0. The van der Waals surface area contributed by atoms with Gasteiger partial charge in [-0.15, -0.1) is 11.6 Å². The van der Waals surface area contributed by atoms with E-state index in [2.05, 4.69) is 6.92 Å². The Hall–Kier alpha value is 0.887. The molecule has 0 atom stereocenters. The summed E-state index contributed by atoms with van der Waals surface area (Å²) >= 11 is 5.30. The van der Waals surface area contributed by atoms with Gasteiger partial charge in [0.15, 0.2) is 0 Å². The van der Waals surface area contributed by atoms with Gasteiger partial charge in [0.1, 0.15) is 0 Å². The van der Waals surface area contributed by atoms with E-state index in [1.54, 1.807) is 0 Å². The van der Waals surface area contributed by atoms with Gasteiger partial charge in [0.05, 0.1) is 0 Å². The van der Waals surface area contributed by atoms with Gasteiger partial charge in [0.25, 0.3) is 0 Å². The standard InChI is InChI=1S/C4H9Cl.Li.H/c1-2-3-4-5;;/h2-4H2,1H3;;. The van der Waals surface area contributed by atoms with E-state index in [0.29, 0.717) is 0 Å². The maximum absolute atomic E-state index is 5.30. The summed E-state index contributed by atoms with van der Waals surface area (Å²) in [6, 6.07) is 0. The Morgan fingerprint density at radius 1 is 1.50 bits per heavy atom. The second-order valence-electron chi connectivity index (χ2n) is 1.04. The van der Waals surface area contributed by atoms with Crippen molar-refractivity contribution in [3.8, 4) is 0 Å². The summed E-state index contributed by atoms with van der Waals surface area (Å²) in [4.78, 5) is 0. The van der Waals surface area contributed by atoms with Crippen LogP contribution in [0.15, 0.2) is 0 Å². The van der Waals surface area contributed by atoms with Crippen LogP contribution < -0.4 is 0 Å². The number of rotatable bonds is 2. The molecule has 0 spiro atoms. The number of hydrogen-bond donors (Lipinski definition) is 0. The first kappa shape index (κ1) is 9.99. The first-order valence-electron chi connectivity index (χ1n) is 1.97. The van der Waals surface area contributed by atoms with Crippen LogP contribution in [-0.4, -0.2) is 24.7 Å². The van der Waals surface area contributed by atoms with Gasteiger partial charge in [-0.25, -0.2) is 0 Å². The first-order chi connectivity index (χ1) is 2.41. The molecule has 0 aliphatic carbocycles. The molecular weight excluding hydrogens is 90.4 g/mol. The number of halogens is 1. The summed E-state index contributed by atoms with van der Waals surface area (Å²) in [7, 11) is 0. The average Bonchev–Trinajstić information content (AvgIpc) is 1.41. The van der Waals surface area contributed by atoms with E-state index in [-0.39, 0.29) is 18.9 Å². The molecule has 34 valence electrons. The predicted octanol–water partition coefficient (Wildman–Crippen LogP) is 1.38. The van der Waals surface area contributed by atoms with Gasteiger partial charge >= 0.3 is 18.9 Å². The third kappa shape index (κ3) is 8.86.